The zero-order valence-electron chi connectivity index (χ0n) is 9.55. The molecule has 0 aromatic carbocycles. The second-order valence-electron chi connectivity index (χ2n) is 3.38. The molecule has 1 aromatic rings. The summed E-state index contributed by atoms with van der Waals surface area (Å²) in [4.78, 5) is 15.2. The van der Waals surface area contributed by atoms with Crippen molar-refractivity contribution < 1.29 is 18.3 Å². The highest BCUT2D eigenvalue weighted by Gasteiger charge is 2.18. The third kappa shape index (κ3) is 4.01. The molecule has 0 unspecified atom stereocenters. The Morgan fingerprint density at radius 1 is 1.61 bits per heavy atom. The summed E-state index contributed by atoms with van der Waals surface area (Å²) in [5, 5.41) is 0. The Hall–Kier alpha value is -0.500. The molecule has 0 N–H and O–H groups in total. The van der Waals surface area contributed by atoms with Gasteiger partial charge in [0.2, 0.25) is 0 Å². The van der Waals surface area contributed by atoms with Crippen molar-refractivity contribution in [1.82, 2.24) is 4.98 Å². The van der Waals surface area contributed by atoms with E-state index in [1.54, 1.807) is 29.5 Å². The topological polar surface area (TPSA) is 39.2 Å². The molecule has 0 fully saturated rings. The molecule has 0 saturated heterocycles. The van der Waals surface area contributed by atoms with Crippen molar-refractivity contribution in [3.8, 4) is 0 Å². The van der Waals surface area contributed by atoms with Gasteiger partial charge >= 0.3 is 5.97 Å². The van der Waals surface area contributed by atoms with Gasteiger partial charge in [0.05, 0.1) is 24.6 Å². The molecule has 0 amide bonds. The molecule has 0 aliphatic rings. The number of rotatable bonds is 5. The Morgan fingerprint density at radius 2 is 2.28 bits per heavy atom. The van der Waals surface area contributed by atoms with Crippen molar-refractivity contribution >= 4 is 40.2 Å². The fraction of sp³-hybridized carbons (Fsp3) is 0.455. The highest BCUT2D eigenvalue weighted by atomic mass is 127. The van der Waals surface area contributed by atoms with Gasteiger partial charge in [-0.1, -0.05) is 0 Å². The van der Waals surface area contributed by atoms with Crippen LogP contribution in [0, 0.1) is 3.57 Å². The van der Waals surface area contributed by atoms with Crippen LogP contribution in [0.15, 0.2) is 6.07 Å². The number of carbonyl (C=O) groups is 1. The summed E-state index contributed by atoms with van der Waals surface area (Å²) in [6.45, 7) is 1.97. The first-order valence-corrected chi connectivity index (χ1v) is 6.78. The smallest absolute Gasteiger partial charge is 0.310 e. The molecule has 0 spiro atoms. The van der Waals surface area contributed by atoms with E-state index >= 15 is 0 Å². The highest BCUT2D eigenvalue weighted by molar-refractivity contribution is 14.1. The molecule has 1 aromatic heterocycles. The van der Waals surface area contributed by atoms with Crippen LogP contribution in [-0.4, -0.2) is 17.6 Å². The average Bonchev–Trinajstić information content (AvgIpc) is 2.29. The summed E-state index contributed by atoms with van der Waals surface area (Å²) in [5.41, 5.74) is 0.511. The van der Waals surface area contributed by atoms with Gasteiger partial charge < -0.3 is 4.74 Å². The second kappa shape index (κ2) is 7.18. The molecule has 100 valence electrons. The number of hydrogen-bond donors (Lipinski definition) is 0. The first-order chi connectivity index (χ1) is 8.49. The Morgan fingerprint density at radius 3 is 2.78 bits per heavy atom. The summed E-state index contributed by atoms with van der Waals surface area (Å²) in [6, 6.07) is 1.50. The molecule has 18 heavy (non-hydrogen) atoms. The van der Waals surface area contributed by atoms with E-state index in [0.717, 1.165) is 0 Å². The minimum Gasteiger partial charge on any atom is -0.466 e. The summed E-state index contributed by atoms with van der Waals surface area (Å²) in [5.74, 6) is -0.447. The minimum absolute atomic E-state index is 0.0115. The van der Waals surface area contributed by atoms with Crippen molar-refractivity contribution in [3.63, 3.8) is 0 Å². The van der Waals surface area contributed by atoms with Gasteiger partial charge in [-0.3, -0.25) is 4.79 Å². The van der Waals surface area contributed by atoms with Crippen molar-refractivity contribution in [1.29, 1.82) is 0 Å². The summed E-state index contributed by atoms with van der Waals surface area (Å²) in [6.07, 6.45) is -2.67. The number of alkyl halides is 3. The van der Waals surface area contributed by atoms with Gasteiger partial charge in [0.1, 0.15) is 5.69 Å². The highest BCUT2D eigenvalue weighted by Crippen LogP contribution is 2.25. The predicted octanol–water partition coefficient (Wildman–Crippen LogP) is 3.47. The number of ether oxygens (including phenoxy) is 1. The SMILES string of the molecule is CCOC(=O)Cc1cc(I)c(C(F)F)nc1CCl. The average molecular weight is 390 g/mol. The number of nitrogens with zero attached hydrogens (tertiary/aromatic N) is 1. The summed E-state index contributed by atoms with van der Waals surface area (Å²) >= 11 is 7.42. The lowest BCUT2D eigenvalue weighted by atomic mass is 10.1. The molecule has 7 heteroatoms. The van der Waals surface area contributed by atoms with Crippen molar-refractivity contribution in [2.45, 2.75) is 25.7 Å². The van der Waals surface area contributed by atoms with Gasteiger partial charge in [-0.15, -0.1) is 11.6 Å². The van der Waals surface area contributed by atoms with Crippen LogP contribution in [0.2, 0.25) is 0 Å². The molecule has 1 rings (SSSR count). The van der Waals surface area contributed by atoms with Crippen molar-refractivity contribution in [2.24, 2.45) is 0 Å². The Kier molecular flexibility index (Phi) is 6.20. The third-order valence-electron chi connectivity index (χ3n) is 2.15. The van der Waals surface area contributed by atoms with Crippen LogP contribution < -0.4 is 0 Å². The molecule has 1 heterocycles. The lowest BCUT2D eigenvalue weighted by Crippen LogP contribution is -2.11. The fourth-order valence-corrected chi connectivity index (χ4v) is 2.33. The van der Waals surface area contributed by atoms with E-state index in [4.69, 9.17) is 16.3 Å². The molecular weight excluding hydrogens is 378 g/mol. The maximum absolute atomic E-state index is 12.7. The van der Waals surface area contributed by atoms with Gasteiger partial charge in [-0.25, -0.2) is 13.8 Å². The quantitative estimate of drug-likeness (QED) is 0.440. The molecule has 0 aliphatic carbocycles. The number of halogens is 4. The molecule has 3 nitrogen and oxygen atoms in total. The van der Waals surface area contributed by atoms with Crippen molar-refractivity contribution in [2.75, 3.05) is 6.61 Å². The maximum Gasteiger partial charge on any atom is 0.310 e. The van der Waals surface area contributed by atoms with Gasteiger partial charge in [0, 0.05) is 3.57 Å². The molecule has 0 bridgehead atoms. The number of hydrogen-bond acceptors (Lipinski definition) is 3. The molecular formula is C11H11ClF2INO2. The van der Waals surface area contributed by atoms with Crippen LogP contribution in [0.25, 0.3) is 0 Å². The fourth-order valence-electron chi connectivity index (χ4n) is 1.37. The van der Waals surface area contributed by atoms with Crippen LogP contribution >= 0.6 is 34.2 Å². The molecule has 0 atom stereocenters. The van der Waals surface area contributed by atoms with E-state index in [0.29, 0.717) is 14.8 Å². The second-order valence-corrected chi connectivity index (χ2v) is 4.81. The molecule has 0 saturated carbocycles. The number of pyridine rings is 1. The van der Waals surface area contributed by atoms with E-state index in [9.17, 15) is 13.6 Å². The standard InChI is InChI=1S/C11H11ClF2INO2/c1-2-18-9(17)4-6-3-7(15)10(11(13)14)16-8(6)5-12/h3,11H,2,4-5H2,1H3. The minimum atomic E-state index is -2.66. The Balaban J connectivity index is 3.05. The van der Waals surface area contributed by atoms with E-state index < -0.39 is 12.4 Å². The first-order valence-electron chi connectivity index (χ1n) is 5.17. The predicted molar refractivity (Wildman–Crippen MR) is 71.8 cm³/mol. The first kappa shape index (κ1) is 15.6. The van der Waals surface area contributed by atoms with Crippen molar-refractivity contribution in [3.05, 3.63) is 26.6 Å². The summed E-state index contributed by atoms with van der Waals surface area (Å²) < 4.78 is 30.4. The van der Waals surface area contributed by atoms with Gasteiger partial charge in [-0.05, 0) is 41.1 Å². The van der Waals surface area contributed by atoms with Gasteiger partial charge in [0.25, 0.3) is 6.43 Å². The maximum atomic E-state index is 12.7. The lowest BCUT2D eigenvalue weighted by Gasteiger charge is -2.10. The van der Waals surface area contributed by atoms with Gasteiger partial charge in [0.15, 0.2) is 0 Å². The normalized spacial score (nSPS) is 10.8. The van der Waals surface area contributed by atoms with E-state index in [2.05, 4.69) is 4.98 Å². The monoisotopic (exact) mass is 389 g/mol. The van der Waals surface area contributed by atoms with E-state index in [1.807, 2.05) is 0 Å². The largest absolute Gasteiger partial charge is 0.466 e. The lowest BCUT2D eigenvalue weighted by molar-refractivity contribution is -0.142. The zero-order chi connectivity index (χ0) is 13.7. The van der Waals surface area contributed by atoms with Crippen LogP contribution in [0.1, 0.15) is 30.3 Å². The van der Waals surface area contributed by atoms with E-state index in [-0.39, 0.29) is 24.6 Å². The Labute approximate surface area is 122 Å². The van der Waals surface area contributed by atoms with E-state index in [1.165, 1.54) is 6.07 Å². The number of aromatic nitrogens is 1. The zero-order valence-corrected chi connectivity index (χ0v) is 12.5. The number of carbonyl (C=O) groups excluding carboxylic acids is 1. The summed E-state index contributed by atoms with van der Waals surface area (Å²) in [7, 11) is 0. The van der Waals surface area contributed by atoms with Crippen LogP contribution in [0.5, 0.6) is 0 Å². The van der Waals surface area contributed by atoms with Crippen LogP contribution in [0.4, 0.5) is 8.78 Å². The van der Waals surface area contributed by atoms with Crippen LogP contribution in [-0.2, 0) is 21.8 Å². The third-order valence-corrected chi connectivity index (χ3v) is 3.26. The molecule has 0 aliphatic heterocycles. The molecule has 0 radical (unpaired) electrons. The van der Waals surface area contributed by atoms with Gasteiger partial charge in [-0.2, -0.15) is 0 Å². The number of esters is 1. The van der Waals surface area contributed by atoms with Crippen LogP contribution in [0.3, 0.4) is 0 Å². The Bertz CT molecular complexity index is 443.